The van der Waals surface area contributed by atoms with Crippen LogP contribution in [0.15, 0.2) is 96.3 Å². The molecule has 1 aromatic heterocycles. The second kappa shape index (κ2) is 10.9. The van der Waals surface area contributed by atoms with Crippen molar-refractivity contribution in [2.45, 2.75) is 39.3 Å². The number of imidazole rings is 1. The lowest BCUT2D eigenvalue weighted by Crippen LogP contribution is -2.31. The first kappa shape index (κ1) is 24.1. The van der Waals surface area contributed by atoms with Gasteiger partial charge in [0.2, 0.25) is 0 Å². The second-order valence-corrected chi connectivity index (χ2v) is 9.31. The lowest BCUT2D eigenvalue weighted by Gasteiger charge is -2.33. The molecule has 2 N–H and O–H groups in total. The Bertz CT molecular complexity index is 1250. The summed E-state index contributed by atoms with van der Waals surface area (Å²) < 4.78 is 2.30. The first-order chi connectivity index (χ1) is 16.5. The standard InChI is InChI=1S/C29H33ClN4/c1-21-9-7-12-25(14-13-21)22(2)33(18-8-17-31)23(3)29-32-27-19-26(30)15-16-28(27)34(29)20-24-10-5-4-6-11-24/h4-7,10-16,19,23H,2,8-9,17-18,20,31H2,1,3H3. The fourth-order valence-corrected chi connectivity index (χ4v) is 4.59. The third kappa shape index (κ3) is 5.35. The van der Waals surface area contributed by atoms with Crippen molar-refractivity contribution >= 4 is 22.6 Å². The van der Waals surface area contributed by atoms with Gasteiger partial charge in [0.1, 0.15) is 5.82 Å². The summed E-state index contributed by atoms with van der Waals surface area (Å²) in [6.07, 6.45) is 10.5. The molecule has 0 saturated heterocycles. The number of allylic oxidation sites excluding steroid dienone is 5. The number of aromatic nitrogens is 2. The Labute approximate surface area is 207 Å². The van der Waals surface area contributed by atoms with E-state index in [9.17, 15) is 0 Å². The fraction of sp³-hybridized carbons (Fsp3) is 0.276. The second-order valence-electron chi connectivity index (χ2n) is 8.87. The van der Waals surface area contributed by atoms with Crippen LogP contribution in [0.2, 0.25) is 5.02 Å². The highest BCUT2D eigenvalue weighted by atomic mass is 35.5. The molecule has 0 aliphatic heterocycles. The molecule has 3 aromatic rings. The van der Waals surface area contributed by atoms with Crippen LogP contribution in [0, 0.1) is 0 Å². The molecular formula is C29H33ClN4. The van der Waals surface area contributed by atoms with Crippen molar-refractivity contribution in [2.75, 3.05) is 13.1 Å². The van der Waals surface area contributed by atoms with E-state index in [-0.39, 0.29) is 6.04 Å². The highest BCUT2D eigenvalue weighted by Gasteiger charge is 2.24. The molecule has 0 amide bonds. The summed E-state index contributed by atoms with van der Waals surface area (Å²) in [6.45, 7) is 11.0. The van der Waals surface area contributed by atoms with Gasteiger partial charge in [-0.3, -0.25) is 0 Å². The molecule has 1 aliphatic rings. The molecule has 4 rings (SSSR count). The molecule has 0 radical (unpaired) electrons. The van der Waals surface area contributed by atoms with Crippen LogP contribution in [0.25, 0.3) is 11.0 Å². The molecule has 0 bridgehead atoms. The van der Waals surface area contributed by atoms with E-state index in [1.165, 1.54) is 11.1 Å². The molecule has 1 unspecified atom stereocenters. The van der Waals surface area contributed by atoms with E-state index in [2.05, 4.69) is 84.5 Å². The Morgan fingerprint density at radius 1 is 1.21 bits per heavy atom. The summed E-state index contributed by atoms with van der Waals surface area (Å²) in [4.78, 5) is 7.41. The zero-order chi connectivity index (χ0) is 24.1. The van der Waals surface area contributed by atoms with Gasteiger partial charge in [0.15, 0.2) is 0 Å². The third-order valence-corrected chi connectivity index (χ3v) is 6.57. The molecule has 4 nitrogen and oxygen atoms in total. The normalized spacial score (nSPS) is 14.5. The summed E-state index contributed by atoms with van der Waals surface area (Å²) in [6, 6.07) is 16.4. The molecule has 5 heteroatoms. The number of halogens is 1. The molecule has 2 aromatic carbocycles. The molecule has 0 saturated carbocycles. The van der Waals surface area contributed by atoms with Gasteiger partial charge in [0.05, 0.1) is 17.1 Å². The van der Waals surface area contributed by atoms with Gasteiger partial charge in [-0.15, -0.1) is 0 Å². The maximum atomic E-state index is 6.32. The quantitative estimate of drug-likeness (QED) is 0.372. The van der Waals surface area contributed by atoms with Crippen molar-refractivity contribution in [3.63, 3.8) is 0 Å². The van der Waals surface area contributed by atoms with Gasteiger partial charge in [-0.2, -0.15) is 0 Å². The summed E-state index contributed by atoms with van der Waals surface area (Å²) in [5, 5.41) is 0.691. The van der Waals surface area contributed by atoms with Crippen LogP contribution in [-0.4, -0.2) is 27.5 Å². The zero-order valence-corrected chi connectivity index (χ0v) is 20.8. The van der Waals surface area contributed by atoms with Crippen molar-refractivity contribution in [3.05, 3.63) is 113 Å². The minimum absolute atomic E-state index is 0.00318. The van der Waals surface area contributed by atoms with Crippen molar-refractivity contribution in [1.82, 2.24) is 14.5 Å². The topological polar surface area (TPSA) is 47.1 Å². The molecule has 0 spiro atoms. The summed E-state index contributed by atoms with van der Waals surface area (Å²) in [7, 11) is 0. The minimum atomic E-state index is -0.00318. The lowest BCUT2D eigenvalue weighted by molar-refractivity contribution is 0.262. The van der Waals surface area contributed by atoms with Gasteiger partial charge < -0.3 is 15.2 Å². The number of fused-ring (bicyclic) bond motifs is 1. The van der Waals surface area contributed by atoms with Crippen LogP contribution in [-0.2, 0) is 6.54 Å². The Kier molecular flexibility index (Phi) is 7.71. The molecule has 1 heterocycles. The third-order valence-electron chi connectivity index (χ3n) is 6.33. The van der Waals surface area contributed by atoms with Crippen LogP contribution in [0.4, 0.5) is 0 Å². The molecule has 1 atom stereocenters. The summed E-state index contributed by atoms with van der Waals surface area (Å²) in [5.41, 5.74) is 12.6. The Balaban J connectivity index is 1.77. The highest BCUT2D eigenvalue weighted by Crippen LogP contribution is 2.32. The van der Waals surface area contributed by atoms with Crippen LogP contribution in [0.3, 0.4) is 0 Å². The SMILES string of the molecule is C=C(C1=CC=C(C)CC=C1)N(CCCN)C(C)c1nc2cc(Cl)ccc2n1Cc1ccccc1. The number of nitrogens with two attached hydrogens (primary N) is 1. The Morgan fingerprint density at radius 3 is 2.76 bits per heavy atom. The van der Waals surface area contributed by atoms with Crippen molar-refractivity contribution in [3.8, 4) is 0 Å². The lowest BCUT2D eigenvalue weighted by atomic mass is 10.1. The molecule has 1 aliphatic carbocycles. The maximum absolute atomic E-state index is 6.32. The van der Waals surface area contributed by atoms with E-state index in [1.54, 1.807) is 0 Å². The average Bonchev–Trinajstić information content (AvgIpc) is 3.03. The number of rotatable bonds is 9. The predicted octanol–water partition coefficient (Wildman–Crippen LogP) is 6.80. The van der Waals surface area contributed by atoms with Gasteiger partial charge in [0.25, 0.3) is 0 Å². The number of hydrogen-bond donors (Lipinski definition) is 1. The first-order valence-corrected chi connectivity index (χ1v) is 12.3. The maximum Gasteiger partial charge on any atom is 0.132 e. The van der Waals surface area contributed by atoms with Crippen LogP contribution in [0.5, 0.6) is 0 Å². The highest BCUT2D eigenvalue weighted by molar-refractivity contribution is 6.31. The zero-order valence-electron chi connectivity index (χ0n) is 20.0. The summed E-state index contributed by atoms with van der Waals surface area (Å²) >= 11 is 6.32. The minimum Gasteiger partial charge on any atom is -0.362 e. The van der Waals surface area contributed by atoms with E-state index in [4.69, 9.17) is 22.3 Å². The van der Waals surface area contributed by atoms with E-state index >= 15 is 0 Å². The van der Waals surface area contributed by atoms with Gasteiger partial charge in [-0.05, 0) is 62.6 Å². The van der Waals surface area contributed by atoms with E-state index < -0.39 is 0 Å². The number of hydrogen-bond acceptors (Lipinski definition) is 3. The Hall–Kier alpha value is -3.08. The fourth-order valence-electron chi connectivity index (χ4n) is 4.42. The largest absolute Gasteiger partial charge is 0.362 e. The van der Waals surface area contributed by atoms with Crippen LogP contribution in [0.1, 0.15) is 44.1 Å². The van der Waals surface area contributed by atoms with Crippen molar-refractivity contribution in [2.24, 2.45) is 5.73 Å². The molecular weight excluding hydrogens is 440 g/mol. The monoisotopic (exact) mass is 472 g/mol. The molecule has 0 fully saturated rings. The van der Waals surface area contributed by atoms with E-state index in [1.807, 2.05) is 18.2 Å². The van der Waals surface area contributed by atoms with Gasteiger partial charge in [0, 0.05) is 23.8 Å². The predicted molar refractivity (Wildman–Crippen MR) is 144 cm³/mol. The van der Waals surface area contributed by atoms with E-state index in [0.717, 1.165) is 54.1 Å². The van der Waals surface area contributed by atoms with Crippen molar-refractivity contribution in [1.29, 1.82) is 0 Å². The molecule has 176 valence electrons. The van der Waals surface area contributed by atoms with E-state index in [0.29, 0.717) is 11.6 Å². The van der Waals surface area contributed by atoms with Gasteiger partial charge >= 0.3 is 0 Å². The Morgan fingerprint density at radius 2 is 2.00 bits per heavy atom. The van der Waals surface area contributed by atoms with Gasteiger partial charge in [-0.1, -0.05) is 78.4 Å². The smallest absolute Gasteiger partial charge is 0.132 e. The number of nitrogens with zero attached hydrogens (tertiary/aromatic N) is 3. The van der Waals surface area contributed by atoms with Crippen LogP contribution < -0.4 is 5.73 Å². The average molecular weight is 473 g/mol. The van der Waals surface area contributed by atoms with Gasteiger partial charge in [-0.25, -0.2) is 4.98 Å². The number of benzene rings is 2. The van der Waals surface area contributed by atoms with Crippen molar-refractivity contribution < 1.29 is 0 Å². The van der Waals surface area contributed by atoms with Crippen LogP contribution >= 0.6 is 11.6 Å². The molecule has 34 heavy (non-hydrogen) atoms. The summed E-state index contributed by atoms with van der Waals surface area (Å²) in [5.74, 6) is 0.990. The first-order valence-electron chi connectivity index (χ1n) is 11.9.